The van der Waals surface area contributed by atoms with Crippen molar-refractivity contribution in [1.82, 2.24) is 0 Å². The molecule has 0 radical (unpaired) electrons. The van der Waals surface area contributed by atoms with Crippen LogP contribution in [0, 0.1) is 0 Å². The van der Waals surface area contributed by atoms with E-state index < -0.39 is 0 Å². The van der Waals surface area contributed by atoms with Crippen LogP contribution < -0.4 is 0 Å². The van der Waals surface area contributed by atoms with E-state index in [0.29, 0.717) is 12.8 Å². The van der Waals surface area contributed by atoms with Crippen LogP contribution >= 0.6 is 0 Å². The van der Waals surface area contributed by atoms with Crippen LogP contribution in [0.5, 0.6) is 0 Å². The predicted molar refractivity (Wildman–Crippen MR) is 35.4 cm³/mol. The van der Waals surface area contributed by atoms with Gasteiger partial charge in [0.15, 0.2) is 0 Å². The van der Waals surface area contributed by atoms with E-state index >= 15 is 0 Å². The molecule has 0 saturated heterocycles. The fourth-order valence-corrected chi connectivity index (χ4v) is 0.654. The SMILES string of the molecule is O=C(CCCO)OC1CC1. The Morgan fingerprint density at radius 3 is 2.80 bits per heavy atom. The Hall–Kier alpha value is -0.570. The van der Waals surface area contributed by atoms with Gasteiger partial charge >= 0.3 is 5.97 Å². The van der Waals surface area contributed by atoms with E-state index in [1.165, 1.54) is 0 Å². The van der Waals surface area contributed by atoms with Gasteiger partial charge in [-0.05, 0) is 19.3 Å². The van der Waals surface area contributed by atoms with Crippen LogP contribution in [0.3, 0.4) is 0 Å². The maximum atomic E-state index is 10.7. The second-order valence-corrected chi connectivity index (χ2v) is 2.52. The van der Waals surface area contributed by atoms with Crippen LogP contribution in [-0.2, 0) is 9.53 Å². The molecule has 0 bridgehead atoms. The molecule has 3 heteroatoms. The normalized spacial score (nSPS) is 16.9. The highest BCUT2D eigenvalue weighted by atomic mass is 16.5. The Morgan fingerprint density at radius 1 is 1.60 bits per heavy atom. The second-order valence-electron chi connectivity index (χ2n) is 2.52. The van der Waals surface area contributed by atoms with Gasteiger partial charge in [0.2, 0.25) is 0 Å². The molecule has 1 aliphatic rings. The number of carbonyl (C=O) groups excluding carboxylic acids is 1. The highest BCUT2D eigenvalue weighted by Gasteiger charge is 2.25. The smallest absolute Gasteiger partial charge is 0.306 e. The molecule has 0 aromatic rings. The molecule has 0 amide bonds. The Bertz CT molecular complexity index is 118. The number of hydrogen-bond acceptors (Lipinski definition) is 3. The zero-order chi connectivity index (χ0) is 7.40. The fourth-order valence-electron chi connectivity index (χ4n) is 0.654. The summed E-state index contributed by atoms with van der Waals surface area (Å²) >= 11 is 0. The summed E-state index contributed by atoms with van der Waals surface area (Å²) in [5.74, 6) is -0.170. The molecular formula is C7H12O3. The molecule has 1 N–H and O–H groups in total. The monoisotopic (exact) mass is 144 g/mol. The van der Waals surface area contributed by atoms with Gasteiger partial charge in [0.25, 0.3) is 0 Å². The van der Waals surface area contributed by atoms with Crippen molar-refractivity contribution in [2.75, 3.05) is 6.61 Å². The van der Waals surface area contributed by atoms with E-state index in [4.69, 9.17) is 9.84 Å². The topological polar surface area (TPSA) is 46.5 Å². The lowest BCUT2D eigenvalue weighted by Crippen LogP contribution is -2.06. The first kappa shape index (κ1) is 7.54. The Morgan fingerprint density at radius 2 is 2.30 bits per heavy atom. The van der Waals surface area contributed by atoms with Gasteiger partial charge in [0.05, 0.1) is 0 Å². The average molecular weight is 144 g/mol. The van der Waals surface area contributed by atoms with E-state index in [1.807, 2.05) is 0 Å². The number of hydrogen-bond donors (Lipinski definition) is 1. The van der Waals surface area contributed by atoms with Gasteiger partial charge in [-0.1, -0.05) is 0 Å². The minimum absolute atomic E-state index is 0.0692. The molecule has 1 fully saturated rings. The lowest BCUT2D eigenvalue weighted by molar-refractivity contribution is -0.145. The number of esters is 1. The van der Waals surface area contributed by atoms with Crippen LogP contribution in [-0.4, -0.2) is 23.8 Å². The van der Waals surface area contributed by atoms with Crippen molar-refractivity contribution in [2.45, 2.75) is 31.8 Å². The minimum Gasteiger partial charge on any atom is -0.462 e. The molecule has 10 heavy (non-hydrogen) atoms. The van der Waals surface area contributed by atoms with E-state index in [9.17, 15) is 4.79 Å². The first-order chi connectivity index (χ1) is 4.83. The van der Waals surface area contributed by atoms with Crippen molar-refractivity contribution in [3.63, 3.8) is 0 Å². The second kappa shape index (κ2) is 3.56. The number of rotatable bonds is 4. The maximum absolute atomic E-state index is 10.7. The zero-order valence-electron chi connectivity index (χ0n) is 5.88. The first-order valence-electron chi connectivity index (χ1n) is 3.63. The third-order valence-corrected chi connectivity index (χ3v) is 1.36. The van der Waals surface area contributed by atoms with Gasteiger partial charge < -0.3 is 9.84 Å². The molecule has 0 aromatic carbocycles. The lowest BCUT2D eigenvalue weighted by atomic mass is 10.3. The molecule has 0 atom stereocenters. The van der Waals surface area contributed by atoms with Crippen LogP contribution in [0.1, 0.15) is 25.7 Å². The van der Waals surface area contributed by atoms with Crippen molar-refractivity contribution in [3.8, 4) is 0 Å². The maximum Gasteiger partial charge on any atom is 0.306 e. The van der Waals surface area contributed by atoms with Gasteiger partial charge in [-0.3, -0.25) is 4.79 Å². The van der Waals surface area contributed by atoms with Gasteiger partial charge in [0.1, 0.15) is 6.10 Å². The van der Waals surface area contributed by atoms with Crippen LogP contribution in [0.2, 0.25) is 0 Å². The molecule has 0 spiro atoms. The van der Waals surface area contributed by atoms with Crippen molar-refractivity contribution in [2.24, 2.45) is 0 Å². The minimum atomic E-state index is -0.170. The third-order valence-electron chi connectivity index (χ3n) is 1.36. The molecule has 0 aromatic heterocycles. The van der Waals surface area contributed by atoms with E-state index in [1.54, 1.807) is 0 Å². The third kappa shape index (κ3) is 2.82. The predicted octanol–water partition coefficient (Wildman–Crippen LogP) is 0.464. The number of aliphatic hydroxyl groups is 1. The summed E-state index contributed by atoms with van der Waals surface area (Å²) in [4.78, 5) is 10.7. The molecule has 1 saturated carbocycles. The van der Waals surface area contributed by atoms with Crippen LogP contribution in [0.4, 0.5) is 0 Å². The van der Waals surface area contributed by atoms with Crippen LogP contribution in [0.25, 0.3) is 0 Å². The van der Waals surface area contributed by atoms with Crippen LogP contribution in [0.15, 0.2) is 0 Å². The molecule has 1 aliphatic carbocycles. The number of aliphatic hydroxyl groups excluding tert-OH is 1. The van der Waals surface area contributed by atoms with E-state index in [2.05, 4.69) is 0 Å². The summed E-state index contributed by atoms with van der Waals surface area (Å²) in [7, 11) is 0. The van der Waals surface area contributed by atoms with Crippen molar-refractivity contribution in [3.05, 3.63) is 0 Å². The van der Waals surface area contributed by atoms with Gasteiger partial charge in [-0.2, -0.15) is 0 Å². The Kier molecular flexibility index (Phi) is 2.68. The average Bonchev–Trinajstić information content (AvgIpc) is 2.67. The molecule has 1 rings (SSSR count). The van der Waals surface area contributed by atoms with E-state index in [0.717, 1.165) is 12.8 Å². The van der Waals surface area contributed by atoms with Gasteiger partial charge in [-0.25, -0.2) is 0 Å². The largest absolute Gasteiger partial charge is 0.462 e. The summed E-state index contributed by atoms with van der Waals surface area (Å²) in [6.07, 6.45) is 3.11. The summed E-state index contributed by atoms with van der Waals surface area (Å²) in [5.41, 5.74) is 0. The highest BCUT2D eigenvalue weighted by Crippen LogP contribution is 2.23. The van der Waals surface area contributed by atoms with Gasteiger partial charge in [0, 0.05) is 13.0 Å². The number of carbonyl (C=O) groups is 1. The quantitative estimate of drug-likeness (QED) is 0.583. The summed E-state index contributed by atoms with van der Waals surface area (Å²) in [6, 6.07) is 0. The Labute approximate surface area is 60.0 Å². The van der Waals surface area contributed by atoms with Gasteiger partial charge in [-0.15, -0.1) is 0 Å². The standard InChI is InChI=1S/C7H12O3/c8-5-1-2-7(9)10-6-3-4-6/h6,8H,1-5H2. The fraction of sp³-hybridized carbons (Fsp3) is 0.857. The summed E-state index contributed by atoms with van der Waals surface area (Å²) in [5, 5.41) is 8.36. The number of ether oxygens (including phenoxy) is 1. The molecule has 0 aliphatic heterocycles. The zero-order valence-corrected chi connectivity index (χ0v) is 5.88. The molecule has 0 heterocycles. The molecule has 58 valence electrons. The van der Waals surface area contributed by atoms with E-state index in [-0.39, 0.29) is 18.7 Å². The van der Waals surface area contributed by atoms with Crippen molar-refractivity contribution < 1.29 is 14.6 Å². The summed E-state index contributed by atoms with van der Waals surface area (Å²) < 4.78 is 4.91. The van der Waals surface area contributed by atoms with Crippen molar-refractivity contribution >= 4 is 5.97 Å². The molecule has 3 nitrogen and oxygen atoms in total. The lowest BCUT2D eigenvalue weighted by Gasteiger charge is -1.99. The van der Waals surface area contributed by atoms with Crippen molar-refractivity contribution in [1.29, 1.82) is 0 Å². The Balaban J connectivity index is 1.97. The highest BCUT2D eigenvalue weighted by molar-refractivity contribution is 5.69. The summed E-state index contributed by atoms with van der Waals surface area (Å²) in [6.45, 7) is 0.0692. The molecular weight excluding hydrogens is 132 g/mol. The first-order valence-corrected chi connectivity index (χ1v) is 3.63. The molecule has 0 unspecified atom stereocenters.